The van der Waals surface area contributed by atoms with E-state index in [1.54, 1.807) is 7.11 Å². The molecule has 2 fully saturated rings. The van der Waals surface area contributed by atoms with Gasteiger partial charge in [0.1, 0.15) is 17.6 Å². The van der Waals surface area contributed by atoms with E-state index in [4.69, 9.17) is 9.47 Å². The van der Waals surface area contributed by atoms with Gasteiger partial charge in [0.05, 0.1) is 18.9 Å². The highest BCUT2D eigenvalue weighted by Gasteiger charge is 2.26. The Morgan fingerprint density at radius 2 is 1.90 bits per heavy atom. The van der Waals surface area contributed by atoms with E-state index in [0.717, 1.165) is 58.4 Å². The number of piperidine rings is 1. The lowest BCUT2D eigenvalue weighted by molar-refractivity contribution is 0.0764. The number of nitrogens with zero attached hydrogens (tertiary/aromatic N) is 4. The Hall–Kier alpha value is -2.54. The summed E-state index contributed by atoms with van der Waals surface area (Å²) in [6.45, 7) is 8.79. The Labute approximate surface area is 184 Å². The number of likely N-dealkylation sites (tertiary alicyclic amines) is 2. The van der Waals surface area contributed by atoms with Crippen LogP contribution in [0, 0.1) is 0 Å². The number of aromatic nitrogens is 2. The molecule has 0 radical (unpaired) electrons. The lowest BCUT2D eigenvalue weighted by Crippen LogP contribution is -2.38. The standard InChI is InChI=1S/C24H34N4O3/c1-18(2)28-17-19(15-25-28)16-26-12-8-20(9-13-26)31-23-14-21(30-3)6-7-22(23)24(29)27-10-4-5-11-27/h6-7,14-15,17-18,20H,4-5,8-13,16H2,1-3H3. The quantitative estimate of drug-likeness (QED) is 0.675. The molecule has 2 aliphatic rings. The Bertz CT molecular complexity index is 881. The second kappa shape index (κ2) is 9.73. The second-order valence-corrected chi connectivity index (χ2v) is 8.88. The third-order valence-corrected chi connectivity index (χ3v) is 6.23. The van der Waals surface area contributed by atoms with Crippen LogP contribution in [0.1, 0.15) is 61.5 Å². The summed E-state index contributed by atoms with van der Waals surface area (Å²) >= 11 is 0. The number of hydrogen-bond donors (Lipinski definition) is 0. The van der Waals surface area contributed by atoms with Crippen molar-refractivity contribution in [1.29, 1.82) is 0 Å². The summed E-state index contributed by atoms with van der Waals surface area (Å²) in [7, 11) is 1.64. The van der Waals surface area contributed by atoms with E-state index in [-0.39, 0.29) is 12.0 Å². The van der Waals surface area contributed by atoms with Gasteiger partial charge in [0, 0.05) is 56.6 Å². The number of carbonyl (C=O) groups is 1. The van der Waals surface area contributed by atoms with Gasteiger partial charge >= 0.3 is 0 Å². The van der Waals surface area contributed by atoms with E-state index >= 15 is 0 Å². The normalized spacial score (nSPS) is 18.0. The number of amides is 1. The zero-order chi connectivity index (χ0) is 21.8. The highest BCUT2D eigenvalue weighted by Crippen LogP contribution is 2.30. The largest absolute Gasteiger partial charge is 0.497 e. The van der Waals surface area contributed by atoms with Crippen LogP contribution in [0.25, 0.3) is 0 Å². The molecular formula is C24H34N4O3. The lowest BCUT2D eigenvalue weighted by Gasteiger charge is -2.32. The molecule has 0 spiro atoms. The summed E-state index contributed by atoms with van der Waals surface area (Å²) in [5.74, 6) is 1.43. The average Bonchev–Trinajstić information content (AvgIpc) is 3.47. The molecule has 2 aliphatic heterocycles. The fourth-order valence-corrected chi connectivity index (χ4v) is 4.36. The van der Waals surface area contributed by atoms with E-state index in [9.17, 15) is 4.79 Å². The Morgan fingerprint density at radius 3 is 2.55 bits per heavy atom. The number of ether oxygens (including phenoxy) is 2. The second-order valence-electron chi connectivity index (χ2n) is 8.88. The molecular weight excluding hydrogens is 392 g/mol. The summed E-state index contributed by atoms with van der Waals surface area (Å²) < 4.78 is 13.8. The molecule has 0 atom stereocenters. The van der Waals surface area contributed by atoms with E-state index in [1.807, 2.05) is 34.0 Å². The molecule has 0 N–H and O–H groups in total. The topological polar surface area (TPSA) is 59.8 Å². The molecule has 1 aromatic carbocycles. The summed E-state index contributed by atoms with van der Waals surface area (Å²) in [4.78, 5) is 17.4. The first kappa shape index (κ1) is 21.7. The van der Waals surface area contributed by atoms with Crippen LogP contribution in [0.3, 0.4) is 0 Å². The van der Waals surface area contributed by atoms with Gasteiger partial charge in [-0.25, -0.2) is 0 Å². The monoisotopic (exact) mass is 426 g/mol. The first-order valence-electron chi connectivity index (χ1n) is 11.4. The van der Waals surface area contributed by atoms with Gasteiger partial charge in [-0.15, -0.1) is 0 Å². The summed E-state index contributed by atoms with van der Waals surface area (Å²) in [6.07, 6.45) is 8.24. The molecule has 3 heterocycles. The highest BCUT2D eigenvalue weighted by atomic mass is 16.5. The van der Waals surface area contributed by atoms with Crippen LogP contribution >= 0.6 is 0 Å². The Kier molecular flexibility index (Phi) is 6.80. The number of carbonyl (C=O) groups excluding carboxylic acids is 1. The van der Waals surface area contributed by atoms with Crippen molar-refractivity contribution in [2.45, 2.75) is 58.2 Å². The van der Waals surface area contributed by atoms with Crippen molar-refractivity contribution < 1.29 is 14.3 Å². The molecule has 4 rings (SSSR count). The fraction of sp³-hybridized carbons (Fsp3) is 0.583. The minimum absolute atomic E-state index is 0.0646. The maximum Gasteiger partial charge on any atom is 0.257 e. The molecule has 2 saturated heterocycles. The van der Waals surface area contributed by atoms with Crippen LogP contribution in [0.4, 0.5) is 0 Å². The lowest BCUT2D eigenvalue weighted by atomic mass is 10.1. The van der Waals surface area contributed by atoms with Crippen molar-refractivity contribution in [3.8, 4) is 11.5 Å². The number of rotatable bonds is 7. The first-order valence-corrected chi connectivity index (χ1v) is 11.4. The third kappa shape index (κ3) is 5.21. The minimum Gasteiger partial charge on any atom is -0.497 e. The van der Waals surface area contributed by atoms with Gasteiger partial charge in [0.15, 0.2) is 0 Å². The third-order valence-electron chi connectivity index (χ3n) is 6.23. The van der Waals surface area contributed by atoms with Crippen LogP contribution in [0.5, 0.6) is 11.5 Å². The molecule has 31 heavy (non-hydrogen) atoms. The van der Waals surface area contributed by atoms with Crippen LogP contribution < -0.4 is 9.47 Å². The fourth-order valence-electron chi connectivity index (χ4n) is 4.36. The first-order chi connectivity index (χ1) is 15.0. The van der Waals surface area contributed by atoms with Crippen molar-refractivity contribution in [2.75, 3.05) is 33.3 Å². The Morgan fingerprint density at radius 1 is 1.16 bits per heavy atom. The predicted octanol–water partition coefficient (Wildman–Crippen LogP) is 3.75. The molecule has 168 valence electrons. The van der Waals surface area contributed by atoms with Crippen molar-refractivity contribution in [1.82, 2.24) is 19.6 Å². The minimum atomic E-state index is 0.0646. The van der Waals surface area contributed by atoms with Crippen LogP contribution in [-0.4, -0.2) is 64.9 Å². The van der Waals surface area contributed by atoms with Crippen LogP contribution in [0.15, 0.2) is 30.6 Å². The number of methoxy groups -OCH3 is 1. The molecule has 0 saturated carbocycles. The van der Waals surface area contributed by atoms with Crippen molar-refractivity contribution in [2.24, 2.45) is 0 Å². The zero-order valence-corrected chi connectivity index (χ0v) is 18.9. The number of benzene rings is 1. The van der Waals surface area contributed by atoms with E-state index in [1.165, 1.54) is 5.56 Å². The smallest absolute Gasteiger partial charge is 0.257 e. The Balaban J connectivity index is 1.37. The van der Waals surface area contributed by atoms with Gasteiger partial charge in [-0.05, 0) is 51.7 Å². The van der Waals surface area contributed by atoms with E-state index < -0.39 is 0 Å². The molecule has 7 heteroatoms. The molecule has 0 aliphatic carbocycles. The van der Waals surface area contributed by atoms with Gasteiger partial charge in [0.2, 0.25) is 0 Å². The van der Waals surface area contributed by atoms with Crippen LogP contribution in [-0.2, 0) is 6.54 Å². The zero-order valence-electron chi connectivity index (χ0n) is 18.9. The summed E-state index contributed by atoms with van der Waals surface area (Å²) in [5, 5.41) is 4.44. The summed E-state index contributed by atoms with van der Waals surface area (Å²) in [5.41, 5.74) is 1.89. The van der Waals surface area contributed by atoms with E-state index in [2.05, 4.69) is 30.0 Å². The maximum absolute atomic E-state index is 13.0. The van der Waals surface area contributed by atoms with Gasteiger partial charge in [-0.3, -0.25) is 14.4 Å². The van der Waals surface area contributed by atoms with Crippen molar-refractivity contribution >= 4 is 5.91 Å². The highest BCUT2D eigenvalue weighted by molar-refractivity contribution is 5.97. The molecule has 2 aromatic rings. The van der Waals surface area contributed by atoms with Crippen LogP contribution in [0.2, 0.25) is 0 Å². The predicted molar refractivity (Wildman–Crippen MR) is 120 cm³/mol. The molecule has 1 amide bonds. The molecule has 0 bridgehead atoms. The van der Waals surface area contributed by atoms with Crippen molar-refractivity contribution in [3.63, 3.8) is 0 Å². The van der Waals surface area contributed by atoms with E-state index in [0.29, 0.717) is 23.1 Å². The van der Waals surface area contributed by atoms with Gasteiger partial charge in [-0.1, -0.05) is 0 Å². The SMILES string of the molecule is COc1ccc(C(=O)N2CCCC2)c(OC2CCN(Cc3cnn(C(C)C)c3)CC2)c1. The molecule has 0 unspecified atom stereocenters. The molecule has 1 aromatic heterocycles. The average molecular weight is 427 g/mol. The van der Waals surface area contributed by atoms with Crippen molar-refractivity contribution in [3.05, 3.63) is 41.7 Å². The molecule has 7 nitrogen and oxygen atoms in total. The van der Waals surface area contributed by atoms with Gasteiger partial charge in [-0.2, -0.15) is 5.10 Å². The maximum atomic E-state index is 13.0. The summed E-state index contributed by atoms with van der Waals surface area (Å²) in [6, 6.07) is 5.93. The number of hydrogen-bond acceptors (Lipinski definition) is 5. The van der Waals surface area contributed by atoms with Gasteiger partial charge in [0.25, 0.3) is 5.91 Å². The van der Waals surface area contributed by atoms with Gasteiger partial charge < -0.3 is 14.4 Å².